The van der Waals surface area contributed by atoms with Gasteiger partial charge in [0, 0.05) is 11.6 Å². The smallest absolute Gasteiger partial charge is 0.343 e. The molecule has 0 aliphatic carbocycles. The Bertz CT molecular complexity index is 728. The number of esters is 1. The van der Waals surface area contributed by atoms with Gasteiger partial charge in [0.1, 0.15) is 5.75 Å². The number of halogens is 1. The summed E-state index contributed by atoms with van der Waals surface area (Å²) in [5.74, 6) is -0.154. The molecule has 0 bridgehead atoms. The number of carbonyl (C=O) groups is 1. The number of carbonyl (C=O) groups excluding carboxylic acids is 1. The topological polar surface area (TPSA) is 69.4 Å². The average molecular weight is 350 g/mol. The lowest BCUT2D eigenvalue weighted by Gasteiger charge is -2.07. The van der Waals surface area contributed by atoms with Crippen LogP contribution in [-0.4, -0.2) is 10.9 Å². The van der Waals surface area contributed by atoms with E-state index in [9.17, 15) is 14.9 Å². The van der Waals surface area contributed by atoms with E-state index in [4.69, 9.17) is 4.74 Å². The molecule has 2 aromatic carbocycles. The van der Waals surface area contributed by atoms with Crippen LogP contribution in [0.5, 0.6) is 5.75 Å². The maximum Gasteiger partial charge on any atom is 0.343 e. The van der Waals surface area contributed by atoms with Gasteiger partial charge in [-0.05, 0) is 59.6 Å². The molecular formula is C15H12BrNO4. The van der Waals surface area contributed by atoms with E-state index in [1.54, 1.807) is 13.0 Å². The van der Waals surface area contributed by atoms with Crippen LogP contribution in [0.3, 0.4) is 0 Å². The van der Waals surface area contributed by atoms with Crippen LogP contribution >= 0.6 is 15.9 Å². The van der Waals surface area contributed by atoms with Crippen molar-refractivity contribution in [2.24, 2.45) is 0 Å². The molecule has 5 nitrogen and oxygen atoms in total. The highest BCUT2D eigenvalue weighted by molar-refractivity contribution is 9.10. The number of nitro benzene ring substituents is 1. The summed E-state index contributed by atoms with van der Waals surface area (Å²) in [7, 11) is 0. The molecule has 0 aliphatic rings. The van der Waals surface area contributed by atoms with E-state index < -0.39 is 10.9 Å². The predicted octanol–water partition coefficient (Wildman–Crippen LogP) is 4.19. The van der Waals surface area contributed by atoms with Crippen LogP contribution in [0.2, 0.25) is 0 Å². The molecule has 0 unspecified atom stereocenters. The molecule has 2 rings (SSSR count). The SMILES string of the molecule is Cc1ccc(OC(=O)c2ccc([N+](=O)[O-])c(C)c2)c(Br)c1. The number of rotatable bonds is 3. The highest BCUT2D eigenvalue weighted by atomic mass is 79.9. The Morgan fingerprint density at radius 1 is 1.19 bits per heavy atom. The zero-order chi connectivity index (χ0) is 15.6. The number of ether oxygens (including phenoxy) is 1. The third kappa shape index (κ3) is 3.46. The lowest BCUT2D eigenvalue weighted by atomic mass is 10.1. The first-order valence-electron chi connectivity index (χ1n) is 6.12. The van der Waals surface area contributed by atoms with E-state index in [0.717, 1.165) is 5.56 Å². The Hall–Kier alpha value is -2.21. The van der Waals surface area contributed by atoms with Crippen molar-refractivity contribution in [1.29, 1.82) is 0 Å². The highest BCUT2D eigenvalue weighted by Gasteiger charge is 2.16. The van der Waals surface area contributed by atoms with Gasteiger partial charge in [0.15, 0.2) is 0 Å². The normalized spacial score (nSPS) is 10.2. The molecule has 2 aromatic rings. The Kier molecular flexibility index (Phi) is 4.37. The third-order valence-corrected chi connectivity index (χ3v) is 3.54. The van der Waals surface area contributed by atoms with Crippen LogP contribution in [0, 0.1) is 24.0 Å². The number of aryl methyl sites for hydroxylation is 2. The summed E-state index contributed by atoms with van der Waals surface area (Å²) in [5.41, 5.74) is 1.69. The molecule has 0 saturated carbocycles. The zero-order valence-corrected chi connectivity index (χ0v) is 13.0. The van der Waals surface area contributed by atoms with E-state index in [-0.39, 0.29) is 11.3 Å². The van der Waals surface area contributed by atoms with Crippen molar-refractivity contribution in [1.82, 2.24) is 0 Å². The first kappa shape index (κ1) is 15.2. The second kappa shape index (κ2) is 6.05. The molecule has 108 valence electrons. The molecule has 0 aromatic heterocycles. The fourth-order valence-electron chi connectivity index (χ4n) is 1.83. The first-order chi connectivity index (χ1) is 9.88. The van der Waals surface area contributed by atoms with Gasteiger partial charge in [-0.3, -0.25) is 10.1 Å². The Morgan fingerprint density at radius 2 is 1.90 bits per heavy atom. The zero-order valence-electron chi connectivity index (χ0n) is 11.4. The molecule has 0 heterocycles. The van der Waals surface area contributed by atoms with Crippen molar-refractivity contribution in [2.75, 3.05) is 0 Å². The molecule has 0 fully saturated rings. The van der Waals surface area contributed by atoms with Gasteiger partial charge in [-0.2, -0.15) is 0 Å². The molecule has 21 heavy (non-hydrogen) atoms. The van der Waals surface area contributed by atoms with Crippen molar-refractivity contribution in [3.05, 3.63) is 67.7 Å². The molecule has 0 saturated heterocycles. The second-order valence-electron chi connectivity index (χ2n) is 4.58. The first-order valence-corrected chi connectivity index (χ1v) is 6.91. The quantitative estimate of drug-likeness (QED) is 0.360. The number of hydrogen-bond acceptors (Lipinski definition) is 4. The van der Waals surface area contributed by atoms with Gasteiger partial charge in [0.2, 0.25) is 0 Å². The summed E-state index contributed by atoms with van der Waals surface area (Å²) in [5, 5.41) is 10.8. The molecular weight excluding hydrogens is 338 g/mol. The van der Waals surface area contributed by atoms with Crippen LogP contribution in [0.4, 0.5) is 5.69 Å². The molecule has 0 atom stereocenters. The van der Waals surface area contributed by atoms with E-state index in [0.29, 0.717) is 15.8 Å². The minimum absolute atomic E-state index is 0.0249. The summed E-state index contributed by atoms with van der Waals surface area (Å²) in [6.07, 6.45) is 0. The fraction of sp³-hybridized carbons (Fsp3) is 0.133. The van der Waals surface area contributed by atoms with Crippen molar-refractivity contribution >= 4 is 27.6 Å². The summed E-state index contributed by atoms with van der Waals surface area (Å²) in [4.78, 5) is 22.3. The number of nitro groups is 1. The summed E-state index contributed by atoms with van der Waals surface area (Å²) in [6, 6.07) is 9.49. The number of hydrogen-bond donors (Lipinski definition) is 0. The van der Waals surface area contributed by atoms with E-state index in [1.807, 2.05) is 19.1 Å². The summed E-state index contributed by atoms with van der Waals surface area (Å²) < 4.78 is 5.96. The predicted molar refractivity (Wildman–Crippen MR) is 81.7 cm³/mol. The van der Waals surface area contributed by atoms with Crippen molar-refractivity contribution in [3.8, 4) is 5.75 Å². The Balaban J connectivity index is 2.24. The van der Waals surface area contributed by atoms with Gasteiger partial charge in [-0.15, -0.1) is 0 Å². The van der Waals surface area contributed by atoms with Gasteiger partial charge in [-0.1, -0.05) is 6.07 Å². The van der Waals surface area contributed by atoms with Gasteiger partial charge in [-0.25, -0.2) is 4.79 Å². The van der Waals surface area contributed by atoms with Gasteiger partial charge >= 0.3 is 5.97 Å². The molecule has 0 radical (unpaired) electrons. The maximum absolute atomic E-state index is 12.1. The van der Waals surface area contributed by atoms with Crippen molar-refractivity contribution < 1.29 is 14.5 Å². The van der Waals surface area contributed by atoms with Crippen LogP contribution in [0.15, 0.2) is 40.9 Å². The third-order valence-electron chi connectivity index (χ3n) is 2.92. The van der Waals surface area contributed by atoms with E-state index in [1.165, 1.54) is 18.2 Å². The minimum atomic E-state index is -0.558. The standard InChI is InChI=1S/C15H12BrNO4/c1-9-3-6-14(12(16)7-9)21-15(18)11-4-5-13(17(19)20)10(2)8-11/h3-8H,1-2H3. The van der Waals surface area contributed by atoms with Crippen LogP contribution in [0.1, 0.15) is 21.5 Å². The summed E-state index contributed by atoms with van der Waals surface area (Å²) in [6.45, 7) is 3.51. The fourth-order valence-corrected chi connectivity index (χ4v) is 2.41. The second-order valence-corrected chi connectivity index (χ2v) is 5.44. The Morgan fingerprint density at radius 3 is 2.48 bits per heavy atom. The van der Waals surface area contributed by atoms with Crippen LogP contribution in [0.25, 0.3) is 0 Å². The van der Waals surface area contributed by atoms with E-state index >= 15 is 0 Å². The number of benzene rings is 2. The number of nitrogens with zero attached hydrogens (tertiary/aromatic N) is 1. The monoisotopic (exact) mass is 349 g/mol. The Labute approximate surface area is 129 Å². The van der Waals surface area contributed by atoms with Gasteiger partial charge in [0.25, 0.3) is 5.69 Å². The van der Waals surface area contributed by atoms with Gasteiger partial charge < -0.3 is 4.74 Å². The highest BCUT2D eigenvalue weighted by Crippen LogP contribution is 2.27. The molecule has 0 amide bonds. The molecule has 0 N–H and O–H groups in total. The molecule has 6 heteroatoms. The van der Waals surface area contributed by atoms with Gasteiger partial charge in [0.05, 0.1) is 15.0 Å². The van der Waals surface area contributed by atoms with Crippen LogP contribution in [-0.2, 0) is 0 Å². The minimum Gasteiger partial charge on any atom is -0.422 e. The maximum atomic E-state index is 12.1. The average Bonchev–Trinajstić information content (AvgIpc) is 2.41. The lowest BCUT2D eigenvalue weighted by molar-refractivity contribution is -0.385. The summed E-state index contributed by atoms with van der Waals surface area (Å²) >= 11 is 3.33. The van der Waals surface area contributed by atoms with Crippen LogP contribution < -0.4 is 4.74 Å². The lowest BCUT2D eigenvalue weighted by Crippen LogP contribution is -2.09. The molecule has 0 spiro atoms. The van der Waals surface area contributed by atoms with Crippen molar-refractivity contribution in [2.45, 2.75) is 13.8 Å². The molecule has 0 aliphatic heterocycles. The van der Waals surface area contributed by atoms with Crippen molar-refractivity contribution in [3.63, 3.8) is 0 Å². The largest absolute Gasteiger partial charge is 0.422 e. The van der Waals surface area contributed by atoms with E-state index in [2.05, 4.69) is 15.9 Å².